The smallest absolute Gasteiger partial charge is 0.256 e. The maximum Gasteiger partial charge on any atom is 0.256 e. The molecule has 0 saturated heterocycles. The van der Waals surface area contributed by atoms with E-state index in [2.05, 4.69) is 6.92 Å². The van der Waals surface area contributed by atoms with Crippen LogP contribution in [-0.4, -0.2) is 37.6 Å². The molecular formula is C14H20N2O2. The third-order valence-corrected chi connectivity index (χ3v) is 3.43. The zero-order chi connectivity index (χ0) is 13.1. The van der Waals surface area contributed by atoms with Crippen LogP contribution in [0.5, 0.6) is 0 Å². The zero-order valence-corrected chi connectivity index (χ0v) is 11.0. The molecule has 1 aliphatic rings. The van der Waals surface area contributed by atoms with Crippen molar-refractivity contribution < 1.29 is 9.53 Å². The normalized spacial score (nSPS) is 18.9. The highest BCUT2D eigenvalue weighted by molar-refractivity contribution is 6.01. The Morgan fingerprint density at radius 2 is 2.28 bits per heavy atom. The number of carbonyl (C=O) groups excluding carboxylic acids is 1. The van der Waals surface area contributed by atoms with Crippen molar-refractivity contribution in [1.82, 2.24) is 4.90 Å². The number of methoxy groups -OCH3 is 1. The van der Waals surface area contributed by atoms with Crippen LogP contribution in [0.3, 0.4) is 0 Å². The fraction of sp³-hybridized carbons (Fsp3) is 0.500. The molecule has 0 fully saturated rings. The first kappa shape index (κ1) is 12.9. The fourth-order valence-corrected chi connectivity index (χ4v) is 2.51. The molecule has 4 heteroatoms. The van der Waals surface area contributed by atoms with Gasteiger partial charge in [-0.05, 0) is 24.0 Å². The Hall–Kier alpha value is -1.55. The molecule has 0 aliphatic carbocycles. The predicted octanol–water partition coefficient (Wildman–Crippen LogP) is 1.86. The molecule has 0 radical (unpaired) electrons. The van der Waals surface area contributed by atoms with Gasteiger partial charge in [-0.2, -0.15) is 0 Å². The van der Waals surface area contributed by atoms with Crippen LogP contribution in [0, 0.1) is 0 Å². The molecule has 0 saturated carbocycles. The van der Waals surface area contributed by atoms with Gasteiger partial charge in [-0.1, -0.05) is 19.1 Å². The molecule has 98 valence electrons. The van der Waals surface area contributed by atoms with Crippen molar-refractivity contribution in [3.8, 4) is 0 Å². The van der Waals surface area contributed by atoms with Crippen LogP contribution < -0.4 is 5.73 Å². The van der Waals surface area contributed by atoms with E-state index in [1.165, 1.54) is 0 Å². The van der Waals surface area contributed by atoms with Crippen molar-refractivity contribution in [1.29, 1.82) is 0 Å². The first-order valence-corrected chi connectivity index (χ1v) is 6.31. The molecule has 2 rings (SSSR count). The molecule has 2 N–H and O–H groups in total. The van der Waals surface area contributed by atoms with E-state index >= 15 is 0 Å². The molecule has 1 heterocycles. The Kier molecular flexibility index (Phi) is 3.87. The summed E-state index contributed by atoms with van der Waals surface area (Å²) in [4.78, 5) is 14.3. The summed E-state index contributed by atoms with van der Waals surface area (Å²) in [6, 6.07) is 5.71. The summed E-state index contributed by atoms with van der Waals surface area (Å²) in [6.07, 6.45) is 0.858. The largest absolute Gasteiger partial charge is 0.398 e. The van der Waals surface area contributed by atoms with E-state index < -0.39 is 0 Å². The van der Waals surface area contributed by atoms with Gasteiger partial charge in [-0.15, -0.1) is 0 Å². The van der Waals surface area contributed by atoms with Crippen LogP contribution in [-0.2, 0) is 4.74 Å². The number of nitrogens with zero attached hydrogens (tertiary/aromatic N) is 1. The minimum absolute atomic E-state index is 0.0531. The summed E-state index contributed by atoms with van der Waals surface area (Å²) >= 11 is 0. The Balaban J connectivity index is 2.21. The second-order valence-corrected chi connectivity index (χ2v) is 4.81. The van der Waals surface area contributed by atoms with Gasteiger partial charge < -0.3 is 15.4 Å². The molecule has 1 aromatic carbocycles. The topological polar surface area (TPSA) is 55.6 Å². The van der Waals surface area contributed by atoms with Crippen molar-refractivity contribution in [2.75, 3.05) is 32.5 Å². The molecule has 1 unspecified atom stereocenters. The maximum absolute atomic E-state index is 12.4. The summed E-state index contributed by atoms with van der Waals surface area (Å²) < 4.78 is 5.03. The number of nitrogens with two attached hydrogens (primary N) is 1. The monoisotopic (exact) mass is 248 g/mol. The lowest BCUT2D eigenvalue weighted by atomic mass is 9.89. The summed E-state index contributed by atoms with van der Waals surface area (Å²) in [5.41, 5.74) is 8.28. The Labute approximate surface area is 108 Å². The first-order valence-electron chi connectivity index (χ1n) is 6.31. The third-order valence-electron chi connectivity index (χ3n) is 3.43. The summed E-state index contributed by atoms with van der Waals surface area (Å²) in [5.74, 6) is 0.390. The quantitative estimate of drug-likeness (QED) is 0.653. The Morgan fingerprint density at radius 3 is 3.00 bits per heavy atom. The van der Waals surface area contributed by atoms with Gasteiger partial charge in [-0.3, -0.25) is 4.79 Å². The van der Waals surface area contributed by atoms with Gasteiger partial charge in [0.25, 0.3) is 5.91 Å². The number of rotatable bonds is 4. The summed E-state index contributed by atoms with van der Waals surface area (Å²) in [6.45, 7) is 4.30. The Bertz CT molecular complexity index is 445. The average molecular weight is 248 g/mol. The third kappa shape index (κ3) is 2.34. The van der Waals surface area contributed by atoms with Crippen molar-refractivity contribution in [2.24, 2.45) is 0 Å². The first-order chi connectivity index (χ1) is 8.65. The van der Waals surface area contributed by atoms with Crippen LogP contribution in [0.25, 0.3) is 0 Å². The lowest BCUT2D eigenvalue weighted by molar-refractivity contribution is 0.0706. The van der Waals surface area contributed by atoms with Crippen molar-refractivity contribution in [3.05, 3.63) is 29.3 Å². The molecule has 1 aliphatic heterocycles. The Morgan fingerprint density at radius 1 is 1.50 bits per heavy atom. The molecule has 0 bridgehead atoms. The van der Waals surface area contributed by atoms with E-state index in [0.717, 1.165) is 25.1 Å². The SMILES string of the molecule is COCCCN1CC(C)c2cccc(N)c2C1=O. The van der Waals surface area contributed by atoms with Crippen molar-refractivity contribution in [2.45, 2.75) is 19.3 Å². The van der Waals surface area contributed by atoms with Gasteiger partial charge in [0.1, 0.15) is 0 Å². The molecule has 1 atom stereocenters. The van der Waals surface area contributed by atoms with E-state index in [1.807, 2.05) is 17.0 Å². The number of anilines is 1. The van der Waals surface area contributed by atoms with Crippen LogP contribution in [0.4, 0.5) is 5.69 Å². The van der Waals surface area contributed by atoms with Crippen molar-refractivity contribution in [3.63, 3.8) is 0 Å². The van der Waals surface area contributed by atoms with Gasteiger partial charge in [0.15, 0.2) is 0 Å². The lowest BCUT2D eigenvalue weighted by Gasteiger charge is -2.33. The number of benzene rings is 1. The fourth-order valence-electron chi connectivity index (χ4n) is 2.51. The number of fused-ring (bicyclic) bond motifs is 1. The van der Waals surface area contributed by atoms with E-state index in [9.17, 15) is 4.79 Å². The van der Waals surface area contributed by atoms with E-state index in [4.69, 9.17) is 10.5 Å². The van der Waals surface area contributed by atoms with Crippen LogP contribution in [0.1, 0.15) is 35.2 Å². The minimum Gasteiger partial charge on any atom is -0.398 e. The molecule has 4 nitrogen and oxygen atoms in total. The van der Waals surface area contributed by atoms with Gasteiger partial charge in [0.2, 0.25) is 0 Å². The van der Waals surface area contributed by atoms with Gasteiger partial charge in [0.05, 0.1) is 5.56 Å². The van der Waals surface area contributed by atoms with Gasteiger partial charge in [0, 0.05) is 32.5 Å². The lowest BCUT2D eigenvalue weighted by Crippen LogP contribution is -2.40. The predicted molar refractivity (Wildman–Crippen MR) is 71.7 cm³/mol. The van der Waals surface area contributed by atoms with Crippen LogP contribution in [0.15, 0.2) is 18.2 Å². The molecule has 0 spiro atoms. The van der Waals surface area contributed by atoms with Crippen LogP contribution >= 0.6 is 0 Å². The van der Waals surface area contributed by atoms with E-state index in [1.54, 1.807) is 13.2 Å². The molecule has 18 heavy (non-hydrogen) atoms. The number of ether oxygens (including phenoxy) is 1. The van der Waals surface area contributed by atoms with Crippen molar-refractivity contribution >= 4 is 11.6 Å². The molecular weight excluding hydrogens is 228 g/mol. The standard InChI is InChI=1S/C14H20N2O2/c1-10-9-16(7-4-8-18-2)14(17)13-11(10)5-3-6-12(13)15/h3,5-6,10H,4,7-9,15H2,1-2H3. The zero-order valence-electron chi connectivity index (χ0n) is 11.0. The van der Waals surface area contributed by atoms with Crippen LogP contribution in [0.2, 0.25) is 0 Å². The minimum atomic E-state index is 0.0531. The van der Waals surface area contributed by atoms with Gasteiger partial charge in [-0.25, -0.2) is 0 Å². The van der Waals surface area contributed by atoms with Gasteiger partial charge >= 0.3 is 0 Å². The average Bonchev–Trinajstić information content (AvgIpc) is 2.35. The molecule has 0 aromatic heterocycles. The highest BCUT2D eigenvalue weighted by atomic mass is 16.5. The van der Waals surface area contributed by atoms with E-state index in [0.29, 0.717) is 23.8 Å². The number of amides is 1. The number of hydrogen-bond donors (Lipinski definition) is 1. The summed E-state index contributed by atoms with van der Waals surface area (Å²) in [5, 5.41) is 0. The maximum atomic E-state index is 12.4. The molecule has 1 amide bonds. The number of carbonyl (C=O) groups is 1. The molecule has 1 aromatic rings. The highest BCUT2D eigenvalue weighted by Gasteiger charge is 2.29. The highest BCUT2D eigenvalue weighted by Crippen LogP contribution is 2.31. The van der Waals surface area contributed by atoms with E-state index in [-0.39, 0.29) is 5.91 Å². The second kappa shape index (κ2) is 5.40. The second-order valence-electron chi connectivity index (χ2n) is 4.81. The summed E-state index contributed by atoms with van der Waals surface area (Å²) in [7, 11) is 1.67. The number of hydrogen-bond acceptors (Lipinski definition) is 3. The number of nitrogen functional groups attached to an aromatic ring is 1.